The number of thioether (sulfide) groups is 1. The van der Waals surface area contributed by atoms with Gasteiger partial charge in [0.15, 0.2) is 0 Å². The van der Waals surface area contributed by atoms with Gasteiger partial charge in [-0.05, 0) is 36.2 Å². The summed E-state index contributed by atoms with van der Waals surface area (Å²) in [5, 5.41) is 44.8. The van der Waals surface area contributed by atoms with Crippen molar-refractivity contribution in [2.24, 2.45) is 11.8 Å². The Morgan fingerprint density at radius 1 is 1.36 bits per heavy atom. The van der Waals surface area contributed by atoms with Crippen LogP contribution < -0.4 is 15.1 Å². The molecule has 2 aromatic heterocycles. The first-order valence-electron chi connectivity index (χ1n) is 14.3. The molecule has 17 heteroatoms. The number of aliphatic carboxylic acids is 2. The molecule has 44 heavy (non-hydrogen) atoms. The van der Waals surface area contributed by atoms with Crippen LogP contribution in [0.5, 0.6) is 0 Å². The number of aliphatic hydroxyl groups is 1. The third-order valence-corrected chi connectivity index (χ3v) is 10.6. The lowest BCUT2D eigenvalue weighted by Gasteiger charge is -2.47. The third-order valence-electron chi connectivity index (χ3n) is 8.25. The largest absolute Gasteiger partial charge is 0.543 e. The van der Waals surface area contributed by atoms with Gasteiger partial charge in [0.05, 0.1) is 66.4 Å². The quantitative estimate of drug-likeness (QED) is 0.141. The Labute approximate surface area is 261 Å². The Morgan fingerprint density at radius 2 is 2.14 bits per heavy atom. The summed E-state index contributed by atoms with van der Waals surface area (Å²) in [4.78, 5) is 53.3. The monoisotopic (exact) mass is 647 g/mol. The molecule has 0 unspecified atom stereocenters. The molecule has 6 atom stereocenters. The Hall–Kier alpha value is -3.25. The van der Waals surface area contributed by atoms with Gasteiger partial charge in [-0.3, -0.25) is 14.4 Å². The lowest BCUT2D eigenvalue weighted by molar-refractivity contribution is -0.758. The van der Waals surface area contributed by atoms with Gasteiger partial charge in [-0.2, -0.15) is 9.36 Å². The Balaban J connectivity index is 0.000000178. The second kappa shape index (κ2) is 13.4. The zero-order chi connectivity index (χ0) is 31.7. The predicted octanol–water partition coefficient (Wildman–Crippen LogP) is -1.45. The first-order chi connectivity index (χ1) is 20.9. The molecule has 0 spiro atoms. The van der Waals surface area contributed by atoms with Crippen molar-refractivity contribution in [3.8, 4) is 0 Å². The van der Waals surface area contributed by atoms with Crippen molar-refractivity contribution in [2.75, 3.05) is 0 Å². The first-order valence-corrected chi connectivity index (χ1v) is 16.1. The molecule has 2 fully saturated rings. The van der Waals surface area contributed by atoms with E-state index in [-0.39, 0.29) is 47.6 Å². The number of carbonyl (C=O) groups is 4. The van der Waals surface area contributed by atoms with Crippen LogP contribution in [-0.4, -0.2) is 90.1 Å². The van der Waals surface area contributed by atoms with Gasteiger partial charge in [0.2, 0.25) is 18.1 Å². The minimum Gasteiger partial charge on any atom is -0.543 e. The van der Waals surface area contributed by atoms with E-state index in [9.17, 15) is 34.4 Å². The number of carboxylic acids is 2. The summed E-state index contributed by atoms with van der Waals surface area (Å²) in [5.41, 5.74) is -0.0147. The van der Waals surface area contributed by atoms with Crippen molar-refractivity contribution in [3.63, 3.8) is 0 Å². The zero-order valence-electron chi connectivity index (χ0n) is 24.1. The fraction of sp³-hybridized carbons (Fsp3) is 0.556. The van der Waals surface area contributed by atoms with E-state index in [4.69, 9.17) is 9.76 Å². The smallest absolute Gasteiger partial charge is 0.478 e. The molecule has 2 amide bonds. The minimum atomic E-state index is -1.32. The third kappa shape index (κ3) is 6.71. The van der Waals surface area contributed by atoms with Crippen LogP contribution in [0.2, 0.25) is 0 Å². The van der Waals surface area contributed by atoms with E-state index in [0.717, 1.165) is 18.0 Å². The van der Waals surface area contributed by atoms with Gasteiger partial charge in [-0.15, -0.1) is 23.1 Å². The number of nitrogens with one attached hydrogen (secondary N) is 1. The van der Waals surface area contributed by atoms with E-state index in [0.29, 0.717) is 17.7 Å². The highest BCUT2D eigenvalue weighted by atomic mass is 32.2. The molecule has 2 aromatic rings. The standard InChI is InChI=1S/C15H18N4O4S.C12H16BNO5S/c1-7-11-10(8(2)20)14(21)19(11)12(15(22)23)13(7)24-9-3-17-5-16-6-18(17)4-9;15-11(7-9-2-1-5-20-9)14-10-4-3-8(6-12(16)17)19-13(10)18/h5-11,20H,3-4H2,1-2H3;1-2,5,8,10,18H,3-4,6-7H2,(H,14,15)(H,16,17)/t7-,8-,10-,11-;8-,10-/m10/s1. The van der Waals surface area contributed by atoms with Gasteiger partial charge in [0.1, 0.15) is 6.54 Å². The highest BCUT2D eigenvalue weighted by Gasteiger charge is 2.59. The van der Waals surface area contributed by atoms with Gasteiger partial charge < -0.3 is 40.0 Å². The molecule has 0 aliphatic carbocycles. The summed E-state index contributed by atoms with van der Waals surface area (Å²) in [7, 11) is -1.15. The van der Waals surface area contributed by atoms with Crippen molar-refractivity contribution < 1.29 is 48.9 Å². The summed E-state index contributed by atoms with van der Waals surface area (Å²) in [6, 6.07) is 3.46. The lowest BCUT2D eigenvalue weighted by Crippen LogP contribution is -2.64. The van der Waals surface area contributed by atoms with Gasteiger partial charge in [0.25, 0.3) is 0 Å². The maximum absolute atomic E-state index is 12.3. The molecular weight excluding hydrogens is 613 g/mol. The van der Waals surface area contributed by atoms with Crippen molar-refractivity contribution in [2.45, 2.75) is 82.1 Å². The number of thiophene rings is 1. The number of fused-ring (bicyclic) bond motifs is 2. The summed E-state index contributed by atoms with van der Waals surface area (Å²) >= 11 is 3.00. The van der Waals surface area contributed by atoms with E-state index in [1.807, 2.05) is 33.8 Å². The second-order valence-corrected chi connectivity index (χ2v) is 13.7. The molecule has 2 saturated heterocycles. The van der Waals surface area contributed by atoms with Gasteiger partial charge >= 0.3 is 19.4 Å². The van der Waals surface area contributed by atoms with Crippen molar-refractivity contribution in [1.29, 1.82) is 0 Å². The number of carbonyl (C=O) groups excluding carboxylic acids is 3. The SMILES string of the molecule is C[C@@H](O)[C@H]1C(=O)N2C(C(=O)[O-])=C(SC3Cn4cnc[n+]4C3)[C@H](C)[C@H]12.O=C(O)C[C@@H]1CC[C@H](NC(=O)Cc2cccs2)B(O)O1. The predicted molar refractivity (Wildman–Crippen MR) is 155 cm³/mol. The van der Waals surface area contributed by atoms with Crippen LogP contribution in [0, 0.1) is 11.8 Å². The van der Waals surface area contributed by atoms with Crippen LogP contribution in [0.1, 0.15) is 38.0 Å². The molecule has 0 aromatic carbocycles. The number of carboxylic acid groups (broad SMARTS) is 2. The molecule has 4 N–H and O–H groups in total. The molecule has 0 radical (unpaired) electrons. The number of rotatable bonds is 9. The zero-order valence-corrected chi connectivity index (χ0v) is 25.8. The first kappa shape index (κ1) is 32.2. The van der Waals surface area contributed by atoms with Crippen molar-refractivity contribution in [1.82, 2.24) is 19.9 Å². The van der Waals surface area contributed by atoms with E-state index in [2.05, 4.69) is 10.3 Å². The molecule has 236 valence electrons. The van der Waals surface area contributed by atoms with E-state index < -0.39 is 43.1 Å². The Morgan fingerprint density at radius 3 is 2.75 bits per heavy atom. The molecular formula is C27H34BN5O9S2. The lowest BCUT2D eigenvalue weighted by atomic mass is 9.72. The number of aliphatic hydroxyl groups excluding tert-OH is 1. The van der Waals surface area contributed by atoms with Crippen LogP contribution in [0.25, 0.3) is 0 Å². The fourth-order valence-corrected chi connectivity index (χ4v) is 8.37. The molecule has 6 heterocycles. The average molecular weight is 648 g/mol. The maximum Gasteiger partial charge on any atom is 0.478 e. The van der Waals surface area contributed by atoms with Crippen LogP contribution in [0.15, 0.2) is 40.8 Å². The molecule has 4 aliphatic heterocycles. The van der Waals surface area contributed by atoms with Crippen LogP contribution in [-0.2, 0) is 43.3 Å². The molecule has 4 aliphatic rings. The van der Waals surface area contributed by atoms with Gasteiger partial charge in [-0.1, -0.05) is 13.0 Å². The van der Waals surface area contributed by atoms with Crippen LogP contribution in [0.4, 0.5) is 0 Å². The highest BCUT2D eigenvalue weighted by Crippen LogP contribution is 2.51. The van der Waals surface area contributed by atoms with Crippen molar-refractivity contribution >= 4 is 54.0 Å². The summed E-state index contributed by atoms with van der Waals surface area (Å²) < 4.78 is 9.17. The highest BCUT2D eigenvalue weighted by molar-refractivity contribution is 8.03. The van der Waals surface area contributed by atoms with Gasteiger partial charge in [0, 0.05) is 15.7 Å². The summed E-state index contributed by atoms with van der Waals surface area (Å²) in [5.74, 6) is -3.91. The van der Waals surface area contributed by atoms with Crippen molar-refractivity contribution in [3.05, 3.63) is 45.6 Å². The number of amides is 2. The number of nitrogens with zero attached hydrogens (tertiary/aromatic N) is 4. The number of hydrogen-bond acceptors (Lipinski definition) is 11. The summed E-state index contributed by atoms with van der Waals surface area (Å²) in [6.07, 6.45) is 3.37. The molecule has 6 rings (SSSR count). The van der Waals surface area contributed by atoms with E-state index in [1.165, 1.54) is 28.0 Å². The molecule has 0 saturated carbocycles. The van der Waals surface area contributed by atoms with E-state index >= 15 is 0 Å². The topological polar surface area (TPSA) is 198 Å². The summed E-state index contributed by atoms with van der Waals surface area (Å²) in [6.45, 7) is 4.96. The van der Waals surface area contributed by atoms with Crippen LogP contribution in [0.3, 0.4) is 0 Å². The number of aromatic nitrogens is 3. The second-order valence-electron chi connectivity index (χ2n) is 11.4. The van der Waals surface area contributed by atoms with E-state index in [1.54, 1.807) is 19.6 Å². The average Bonchev–Trinajstić information content (AvgIpc) is 3.71. The minimum absolute atomic E-state index is 0.0147. The Bertz CT molecular complexity index is 1410. The molecule has 14 nitrogen and oxygen atoms in total. The maximum atomic E-state index is 12.3. The number of hydrogen-bond donors (Lipinski definition) is 4. The fourth-order valence-electron chi connectivity index (χ4n) is 6.20. The normalized spacial score (nSPS) is 28.0. The Kier molecular flexibility index (Phi) is 9.79. The van der Waals surface area contributed by atoms with Crippen LogP contribution >= 0.6 is 23.1 Å². The number of β-lactam (4-membered cyclic amide) rings is 1. The molecule has 0 bridgehead atoms. The van der Waals surface area contributed by atoms with Gasteiger partial charge in [-0.25, -0.2) is 0 Å².